The highest BCUT2D eigenvalue weighted by molar-refractivity contribution is 5.92. The standard InChI is InChI=1S/C18H21NO3/c1-14(13-15-5-3-2-4-6-15)18(21)19-16-7-9-17(10-8-16)22-12-11-20/h2-10,14,20H,11-13H2,1H3,(H,19,21). The van der Waals surface area contributed by atoms with E-state index < -0.39 is 0 Å². The Hall–Kier alpha value is -2.33. The highest BCUT2D eigenvalue weighted by Crippen LogP contribution is 2.17. The third-order valence-corrected chi connectivity index (χ3v) is 3.31. The number of aliphatic hydroxyl groups excluding tert-OH is 1. The van der Waals surface area contributed by atoms with E-state index >= 15 is 0 Å². The molecule has 2 aromatic rings. The van der Waals surface area contributed by atoms with Crippen molar-refractivity contribution in [1.29, 1.82) is 0 Å². The minimum Gasteiger partial charge on any atom is -0.491 e. The first-order valence-corrected chi connectivity index (χ1v) is 7.37. The van der Waals surface area contributed by atoms with Gasteiger partial charge >= 0.3 is 0 Å². The van der Waals surface area contributed by atoms with Crippen molar-refractivity contribution in [3.05, 3.63) is 60.2 Å². The van der Waals surface area contributed by atoms with Crippen LogP contribution in [0.3, 0.4) is 0 Å². The molecule has 0 fully saturated rings. The monoisotopic (exact) mass is 299 g/mol. The first kappa shape index (κ1) is 16.0. The maximum absolute atomic E-state index is 12.2. The Morgan fingerprint density at radius 3 is 2.45 bits per heavy atom. The number of aliphatic hydroxyl groups is 1. The summed E-state index contributed by atoms with van der Waals surface area (Å²) in [6.07, 6.45) is 0.713. The van der Waals surface area contributed by atoms with Gasteiger partial charge in [0.1, 0.15) is 12.4 Å². The van der Waals surface area contributed by atoms with Crippen molar-refractivity contribution < 1.29 is 14.6 Å². The number of carbonyl (C=O) groups is 1. The zero-order valence-electron chi connectivity index (χ0n) is 12.7. The van der Waals surface area contributed by atoms with Crippen LogP contribution < -0.4 is 10.1 Å². The molecule has 0 spiro atoms. The van der Waals surface area contributed by atoms with Gasteiger partial charge in [-0.05, 0) is 36.2 Å². The molecule has 2 N–H and O–H groups in total. The summed E-state index contributed by atoms with van der Waals surface area (Å²) in [7, 11) is 0. The Balaban J connectivity index is 1.88. The second-order valence-electron chi connectivity index (χ2n) is 5.18. The molecule has 116 valence electrons. The fourth-order valence-electron chi connectivity index (χ4n) is 2.12. The maximum atomic E-state index is 12.2. The van der Waals surface area contributed by atoms with Crippen LogP contribution >= 0.6 is 0 Å². The lowest BCUT2D eigenvalue weighted by Crippen LogP contribution is -2.22. The van der Waals surface area contributed by atoms with Gasteiger partial charge in [0.05, 0.1) is 6.61 Å². The van der Waals surface area contributed by atoms with E-state index in [1.54, 1.807) is 24.3 Å². The van der Waals surface area contributed by atoms with Gasteiger partial charge in [-0.25, -0.2) is 0 Å². The molecule has 1 atom stereocenters. The second-order valence-corrected chi connectivity index (χ2v) is 5.18. The van der Waals surface area contributed by atoms with Crippen LogP contribution in [0.5, 0.6) is 5.75 Å². The van der Waals surface area contributed by atoms with Gasteiger partial charge in [-0.15, -0.1) is 0 Å². The molecule has 0 aliphatic carbocycles. The maximum Gasteiger partial charge on any atom is 0.227 e. The number of ether oxygens (including phenoxy) is 1. The van der Waals surface area contributed by atoms with Crippen molar-refractivity contribution in [1.82, 2.24) is 0 Å². The van der Waals surface area contributed by atoms with Gasteiger partial charge in [0.15, 0.2) is 0 Å². The third-order valence-electron chi connectivity index (χ3n) is 3.31. The highest BCUT2D eigenvalue weighted by Gasteiger charge is 2.13. The molecule has 0 saturated heterocycles. The number of carbonyl (C=O) groups excluding carboxylic acids is 1. The number of amides is 1. The first-order chi connectivity index (χ1) is 10.7. The minimum atomic E-state index is -0.104. The van der Waals surface area contributed by atoms with Crippen LogP contribution in [0.1, 0.15) is 12.5 Å². The Kier molecular flexibility index (Phi) is 5.98. The molecule has 2 rings (SSSR count). The fourth-order valence-corrected chi connectivity index (χ4v) is 2.12. The minimum absolute atomic E-state index is 0.00659. The van der Waals surface area contributed by atoms with Crippen molar-refractivity contribution in [2.45, 2.75) is 13.3 Å². The lowest BCUT2D eigenvalue weighted by molar-refractivity contribution is -0.119. The van der Waals surface area contributed by atoms with E-state index in [4.69, 9.17) is 9.84 Å². The highest BCUT2D eigenvalue weighted by atomic mass is 16.5. The van der Waals surface area contributed by atoms with Crippen molar-refractivity contribution in [2.75, 3.05) is 18.5 Å². The smallest absolute Gasteiger partial charge is 0.227 e. The molecule has 2 aromatic carbocycles. The molecule has 0 radical (unpaired) electrons. The normalized spacial score (nSPS) is 11.7. The molecule has 4 heteroatoms. The molecule has 1 unspecified atom stereocenters. The van der Waals surface area contributed by atoms with E-state index in [2.05, 4.69) is 5.32 Å². The van der Waals surface area contributed by atoms with E-state index in [0.717, 1.165) is 11.3 Å². The van der Waals surface area contributed by atoms with Crippen molar-refractivity contribution >= 4 is 11.6 Å². The van der Waals surface area contributed by atoms with Crippen LogP contribution in [-0.2, 0) is 11.2 Å². The molecule has 0 bridgehead atoms. The molecular formula is C18H21NO3. The number of anilines is 1. The average molecular weight is 299 g/mol. The molecule has 22 heavy (non-hydrogen) atoms. The Morgan fingerprint density at radius 2 is 1.82 bits per heavy atom. The fraction of sp³-hybridized carbons (Fsp3) is 0.278. The zero-order valence-corrected chi connectivity index (χ0v) is 12.7. The largest absolute Gasteiger partial charge is 0.491 e. The summed E-state index contributed by atoms with van der Waals surface area (Å²) in [5.74, 6) is 0.560. The molecule has 0 aliphatic rings. The van der Waals surface area contributed by atoms with Crippen LogP contribution in [0, 0.1) is 5.92 Å². The number of benzene rings is 2. The Labute approximate surface area is 130 Å². The lowest BCUT2D eigenvalue weighted by Gasteiger charge is -2.13. The summed E-state index contributed by atoms with van der Waals surface area (Å²) in [4.78, 5) is 12.2. The van der Waals surface area contributed by atoms with Crippen LogP contribution in [0.15, 0.2) is 54.6 Å². The van der Waals surface area contributed by atoms with E-state index in [0.29, 0.717) is 12.2 Å². The van der Waals surface area contributed by atoms with Gasteiger partial charge in [-0.1, -0.05) is 37.3 Å². The van der Waals surface area contributed by atoms with E-state index in [-0.39, 0.29) is 25.0 Å². The Bertz CT molecular complexity index is 581. The quantitative estimate of drug-likeness (QED) is 0.826. The summed E-state index contributed by atoms with van der Waals surface area (Å²) < 4.78 is 5.28. The second kappa shape index (κ2) is 8.20. The zero-order chi connectivity index (χ0) is 15.8. The van der Waals surface area contributed by atoms with Gasteiger partial charge < -0.3 is 15.2 Å². The number of hydrogen-bond donors (Lipinski definition) is 2. The molecule has 1 amide bonds. The van der Waals surface area contributed by atoms with Crippen molar-refractivity contribution in [3.63, 3.8) is 0 Å². The first-order valence-electron chi connectivity index (χ1n) is 7.37. The van der Waals surface area contributed by atoms with Crippen molar-refractivity contribution in [3.8, 4) is 5.75 Å². The Morgan fingerprint density at radius 1 is 1.14 bits per heavy atom. The number of nitrogens with one attached hydrogen (secondary N) is 1. The molecule has 0 saturated carbocycles. The van der Waals surface area contributed by atoms with Crippen LogP contribution in [0.4, 0.5) is 5.69 Å². The summed E-state index contributed by atoms with van der Waals surface area (Å²) in [6, 6.07) is 17.1. The molecular weight excluding hydrogens is 278 g/mol. The van der Waals surface area contributed by atoms with Crippen molar-refractivity contribution in [2.24, 2.45) is 5.92 Å². The van der Waals surface area contributed by atoms with E-state index in [1.165, 1.54) is 0 Å². The number of hydrogen-bond acceptors (Lipinski definition) is 3. The van der Waals surface area contributed by atoms with E-state index in [1.807, 2.05) is 37.3 Å². The van der Waals surface area contributed by atoms with Gasteiger partial charge in [0, 0.05) is 11.6 Å². The van der Waals surface area contributed by atoms with Gasteiger partial charge in [0.2, 0.25) is 5.91 Å². The third kappa shape index (κ3) is 4.90. The topological polar surface area (TPSA) is 58.6 Å². The van der Waals surface area contributed by atoms with Gasteiger partial charge in [-0.2, -0.15) is 0 Å². The van der Waals surface area contributed by atoms with Crippen LogP contribution in [0.25, 0.3) is 0 Å². The predicted octanol–water partition coefficient (Wildman–Crippen LogP) is 2.88. The summed E-state index contributed by atoms with van der Waals surface area (Å²) in [5, 5.41) is 11.6. The van der Waals surface area contributed by atoms with Crippen LogP contribution in [0.2, 0.25) is 0 Å². The molecule has 0 heterocycles. The molecule has 4 nitrogen and oxygen atoms in total. The SMILES string of the molecule is CC(Cc1ccccc1)C(=O)Nc1ccc(OCCO)cc1. The predicted molar refractivity (Wildman–Crippen MR) is 87.0 cm³/mol. The lowest BCUT2D eigenvalue weighted by atomic mass is 10.0. The van der Waals surface area contributed by atoms with Gasteiger partial charge in [0.25, 0.3) is 0 Å². The molecule has 0 aliphatic heterocycles. The summed E-state index contributed by atoms with van der Waals surface area (Å²) >= 11 is 0. The van der Waals surface area contributed by atoms with Crippen LogP contribution in [-0.4, -0.2) is 24.2 Å². The summed E-state index contributed by atoms with van der Waals surface area (Å²) in [6.45, 7) is 2.16. The number of rotatable bonds is 7. The van der Waals surface area contributed by atoms with E-state index in [9.17, 15) is 4.79 Å². The van der Waals surface area contributed by atoms with Gasteiger partial charge in [-0.3, -0.25) is 4.79 Å². The average Bonchev–Trinajstić information content (AvgIpc) is 2.55. The summed E-state index contributed by atoms with van der Waals surface area (Å²) in [5.41, 5.74) is 1.89. The molecule has 0 aromatic heterocycles.